The number of carboxylic acid groups (broad SMARTS) is 1. The van der Waals surface area contributed by atoms with Crippen LogP contribution in [-0.2, 0) is 5.54 Å². The number of aryl methyl sites for hydroxylation is 1. The van der Waals surface area contributed by atoms with Crippen LogP contribution in [0.1, 0.15) is 39.5 Å². The molecule has 0 aliphatic heterocycles. The van der Waals surface area contributed by atoms with Crippen molar-refractivity contribution in [2.75, 3.05) is 6.61 Å². The summed E-state index contributed by atoms with van der Waals surface area (Å²) in [7, 11) is 0. The largest absolute Gasteiger partial charge is 0.478 e. The minimum absolute atomic E-state index is 0.129. The maximum absolute atomic E-state index is 12.6. The Balaban J connectivity index is 1.42. The van der Waals surface area contributed by atoms with Crippen LogP contribution in [0.2, 0.25) is 0 Å². The highest BCUT2D eigenvalue weighted by molar-refractivity contribution is 6.03. The van der Waals surface area contributed by atoms with Gasteiger partial charge in [-0.05, 0) is 64.2 Å². The number of fused-ring (bicyclic) bond motifs is 1. The van der Waals surface area contributed by atoms with E-state index in [1.165, 1.54) is 0 Å². The second-order valence-corrected chi connectivity index (χ2v) is 12.4. The van der Waals surface area contributed by atoms with Crippen molar-refractivity contribution in [1.82, 2.24) is 29.8 Å². The molecular formula is C43H34N6O3. The molecule has 0 radical (unpaired) electrons. The number of carboxylic acids is 1. The SMILES string of the molecule is CCOc1nc2c(C)ccc(C(=O)O)c2n1-c1ccccc1-c1ccccc1-c1nnnn1C(c1ccccc1)(c1ccccc1)c1ccccc1. The maximum Gasteiger partial charge on any atom is 0.337 e. The van der Waals surface area contributed by atoms with E-state index in [2.05, 4.69) is 41.6 Å². The summed E-state index contributed by atoms with van der Waals surface area (Å²) in [5, 5.41) is 24.2. The lowest BCUT2D eigenvalue weighted by atomic mass is 9.77. The fourth-order valence-electron chi connectivity index (χ4n) is 7.21. The molecule has 8 aromatic rings. The minimum Gasteiger partial charge on any atom is -0.478 e. The predicted molar refractivity (Wildman–Crippen MR) is 201 cm³/mol. The average Bonchev–Trinajstić information content (AvgIpc) is 3.83. The standard InChI is InChI=1S/C43H34N6O3/c1-3-52-42-44-38-29(2)27-28-36(41(50)51)39(38)48(42)37-26-16-15-24-34(37)33-23-13-14-25-35(33)40-45-46-47-49(40)43(30-17-7-4-8-18-30,31-19-9-5-10-20-31)32-21-11-6-12-22-32/h4-28H,3H2,1-2H3,(H,50,51). The Morgan fingerprint density at radius 3 is 1.81 bits per heavy atom. The van der Waals surface area contributed by atoms with Gasteiger partial charge in [0.25, 0.3) is 0 Å². The normalized spacial score (nSPS) is 11.5. The van der Waals surface area contributed by atoms with Crippen molar-refractivity contribution in [1.29, 1.82) is 0 Å². The van der Waals surface area contributed by atoms with Gasteiger partial charge in [0.15, 0.2) is 5.82 Å². The number of para-hydroxylation sites is 1. The lowest BCUT2D eigenvalue weighted by Crippen LogP contribution is -2.39. The molecule has 9 nitrogen and oxygen atoms in total. The zero-order valence-electron chi connectivity index (χ0n) is 28.6. The van der Waals surface area contributed by atoms with E-state index in [1.54, 1.807) is 12.1 Å². The first-order chi connectivity index (χ1) is 25.5. The Morgan fingerprint density at radius 1 is 0.692 bits per heavy atom. The van der Waals surface area contributed by atoms with Crippen molar-refractivity contribution >= 4 is 17.0 Å². The Hall–Kier alpha value is -6.87. The van der Waals surface area contributed by atoms with Gasteiger partial charge in [-0.1, -0.05) is 140 Å². The van der Waals surface area contributed by atoms with Gasteiger partial charge in [0, 0.05) is 11.1 Å². The van der Waals surface area contributed by atoms with Crippen molar-refractivity contribution in [2.45, 2.75) is 19.4 Å². The third-order valence-corrected chi connectivity index (χ3v) is 9.44. The number of benzene rings is 6. The Bertz CT molecular complexity index is 2430. The van der Waals surface area contributed by atoms with Crippen LogP contribution >= 0.6 is 0 Å². The molecule has 0 aliphatic carbocycles. The van der Waals surface area contributed by atoms with Gasteiger partial charge in [-0.2, -0.15) is 4.98 Å². The predicted octanol–water partition coefficient (Wildman–Crippen LogP) is 8.59. The molecular weight excluding hydrogens is 649 g/mol. The molecule has 0 spiro atoms. The molecule has 0 saturated carbocycles. The summed E-state index contributed by atoms with van der Waals surface area (Å²) < 4.78 is 9.82. The van der Waals surface area contributed by atoms with Crippen LogP contribution in [-0.4, -0.2) is 47.4 Å². The number of hydrogen-bond acceptors (Lipinski definition) is 6. The number of carbonyl (C=O) groups is 1. The lowest BCUT2D eigenvalue weighted by molar-refractivity contribution is 0.0698. The number of aromatic nitrogens is 6. The summed E-state index contributed by atoms with van der Waals surface area (Å²) in [5.41, 5.74) is 7.14. The van der Waals surface area contributed by atoms with Crippen LogP contribution in [0, 0.1) is 6.92 Å². The molecule has 0 fully saturated rings. The number of hydrogen-bond donors (Lipinski definition) is 1. The summed E-state index contributed by atoms with van der Waals surface area (Å²) >= 11 is 0. The van der Waals surface area contributed by atoms with Gasteiger partial charge in [-0.3, -0.25) is 4.57 Å². The topological polar surface area (TPSA) is 108 Å². The van der Waals surface area contributed by atoms with Gasteiger partial charge in [0.1, 0.15) is 5.54 Å². The number of imidazole rings is 1. The average molecular weight is 683 g/mol. The first-order valence-electron chi connectivity index (χ1n) is 17.1. The molecule has 6 aromatic carbocycles. The fourth-order valence-corrected chi connectivity index (χ4v) is 7.21. The fraction of sp³-hybridized carbons (Fsp3) is 0.0930. The molecule has 1 N–H and O–H groups in total. The number of rotatable bonds is 10. The molecule has 254 valence electrons. The molecule has 8 rings (SSSR count). The Labute approximate surface area is 300 Å². The van der Waals surface area contributed by atoms with E-state index in [1.807, 2.05) is 126 Å². The summed E-state index contributed by atoms with van der Waals surface area (Å²) in [4.78, 5) is 17.4. The highest BCUT2D eigenvalue weighted by Crippen LogP contribution is 2.44. The minimum atomic E-state index is -1.05. The van der Waals surface area contributed by atoms with Crippen LogP contribution in [0.5, 0.6) is 6.01 Å². The molecule has 9 heteroatoms. The molecule has 0 atom stereocenters. The van der Waals surface area contributed by atoms with Gasteiger partial charge >= 0.3 is 12.0 Å². The second-order valence-electron chi connectivity index (χ2n) is 12.4. The van der Waals surface area contributed by atoms with Crippen LogP contribution < -0.4 is 4.74 Å². The van der Waals surface area contributed by atoms with Gasteiger partial charge in [0.2, 0.25) is 0 Å². The Kier molecular flexibility index (Phi) is 8.36. The summed E-state index contributed by atoms with van der Waals surface area (Å²) in [6, 6.07) is 50.4. The van der Waals surface area contributed by atoms with Crippen LogP contribution in [0.4, 0.5) is 0 Å². The van der Waals surface area contributed by atoms with E-state index in [0.29, 0.717) is 35.2 Å². The van der Waals surface area contributed by atoms with Gasteiger partial charge < -0.3 is 9.84 Å². The van der Waals surface area contributed by atoms with E-state index in [-0.39, 0.29) is 5.56 Å². The van der Waals surface area contributed by atoms with Crippen LogP contribution in [0.25, 0.3) is 39.2 Å². The Morgan fingerprint density at radius 2 is 1.23 bits per heavy atom. The first-order valence-corrected chi connectivity index (χ1v) is 17.1. The van der Waals surface area contributed by atoms with Crippen LogP contribution in [0.3, 0.4) is 0 Å². The second kappa shape index (κ2) is 13.4. The van der Waals surface area contributed by atoms with E-state index in [4.69, 9.17) is 20.0 Å². The number of nitrogens with zero attached hydrogens (tertiary/aromatic N) is 6. The zero-order valence-corrected chi connectivity index (χ0v) is 28.6. The summed E-state index contributed by atoms with van der Waals surface area (Å²) in [6.45, 7) is 4.15. The highest BCUT2D eigenvalue weighted by Gasteiger charge is 2.42. The smallest absolute Gasteiger partial charge is 0.337 e. The first kappa shape index (κ1) is 32.3. The summed E-state index contributed by atoms with van der Waals surface area (Å²) in [5.74, 6) is -0.505. The molecule has 52 heavy (non-hydrogen) atoms. The molecule has 2 aromatic heterocycles. The maximum atomic E-state index is 12.6. The molecule has 0 bridgehead atoms. The summed E-state index contributed by atoms with van der Waals surface area (Å²) in [6.07, 6.45) is 0. The van der Waals surface area contributed by atoms with Crippen molar-refractivity contribution in [3.8, 4) is 34.2 Å². The number of aromatic carboxylic acids is 1. The number of tetrazole rings is 1. The third-order valence-electron chi connectivity index (χ3n) is 9.44. The molecule has 2 heterocycles. The quantitative estimate of drug-likeness (QED) is 0.144. The van der Waals surface area contributed by atoms with Gasteiger partial charge in [-0.15, -0.1) is 5.10 Å². The zero-order chi connectivity index (χ0) is 35.7. The highest BCUT2D eigenvalue weighted by atomic mass is 16.5. The van der Waals surface area contributed by atoms with E-state index < -0.39 is 11.5 Å². The molecule has 0 aliphatic rings. The van der Waals surface area contributed by atoms with E-state index in [0.717, 1.165) is 38.9 Å². The molecule has 0 saturated heterocycles. The van der Waals surface area contributed by atoms with Gasteiger partial charge in [0.05, 0.1) is 28.9 Å². The van der Waals surface area contributed by atoms with Gasteiger partial charge in [-0.25, -0.2) is 9.48 Å². The van der Waals surface area contributed by atoms with E-state index >= 15 is 0 Å². The number of ether oxygens (including phenoxy) is 1. The van der Waals surface area contributed by atoms with Crippen molar-refractivity contribution in [3.63, 3.8) is 0 Å². The third kappa shape index (κ3) is 5.22. The van der Waals surface area contributed by atoms with Crippen molar-refractivity contribution in [3.05, 3.63) is 179 Å². The lowest BCUT2D eigenvalue weighted by Gasteiger charge is -2.36. The van der Waals surface area contributed by atoms with Crippen molar-refractivity contribution < 1.29 is 14.6 Å². The molecule has 0 unspecified atom stereocenters. The monoisotopic (exact) mass is 682 g/mol. The van der Waals surface area contributed by atoms with E-state index in [9.17, 15) is 9.90 Å². The van der Waals surface area contributed by atoms with Crippen molar-refractivity contribution in [2.24, 2.45) is 0 Å². The molecule has 0 amide bonds. The van der Waals surface area contributed by atoms with Crippen LogP contribution in [0.15, 0.2) is 152 Å².